The molecule has 4 heterocycles. The first-order chi connectivity index (χ1) is 16.3. The minimum atomic E-state index is -2.33. The van der Waals surface area contributed by atoms with Gasteiger partial charge >= 0.3 is 0 Å². The van der Waals surface area contributed by atoms with E-state index in [1.165, 1.54) is 0 Å². The molecule has 182 valence electrons. The van der Waals surface area contributed by atoms with Crippen LogP contribution in [0.5, 0.6) is 0 Å². The van der Waals surface area contributed by atoms with Gasteiger partial charge in [-0.2, -0.15) is 0 Å². The highest BCUT2D eigenvalue weighted by molar-refractivity contribution is 5.85. The molecule has 0 unspecified atom stereocenters. The van der Waals surface area contributed by atoms with Crippen LogP contribution in [0.2, 0.25) is 0 Å². The summed E-state index contributed by atoms with van der Waals surface area (Å²) in [7, 11) is 0. The smallest absolute Gasteiger partial charge is 0.241 e. The Hall–Kier alpha value is -3.43. The Bertz CT molecular complexity index is 1210. The van der Waals surface area contributed by atoms with Gasteiger partial charge in [0.25, 0.3) is 0 Å². The number of likely N-dealkylation sites (tertiary alicyclic amines) is 1. The summed E-state index contributed by atoms with van der Waals surface area (Å²) in [6, 6.07) is 5.90. The third kappa shape index (κ3) is 5.55. The predicted octanol–water partition coefficient (Wildman–Crippen LogP) is 4.91. The molecule has 0 radical (unpaired) electrons. The van der Waals surface area contributed by atoms with Crippen LogP contribution in [0.15, 0.2) is 35.6 Å². The van der Waals surface area contributed by atoms with Gasteiger partial charge in [-0.3, -0.25) is 14.8 Å². The summed E-state index contributed by atoms with van der Waals surface area (Å²) < 4.78 is 26.6. The van der Waals surface area contributed by atoms with Gasteiger partial charge in [-0.25, -0.2) is 18.3 Å². The van der Waals surface area contributed by atoms with E-state index in [2.05, 4.69) is 25.4 Å². The lowest BCUT2D eigenvalue weighted by Gasteiger charge is -2.31. The van der Waals surface area contributed by atoms with Crippen LogP contribution < -0.4 is 5.32 Å². The fraction of sp³-hybridized carbons (Fsp3) is 0.458. The Labute approximate surface area is 198 Å². The molecule has 1 N–H and O–H groups in total. The van der Waals surface area contributed by atoms with Gasteiger partial charge in [0.15, 0.2) is 0 Å². The molecule has 0 atom stereocenters. The molecule has 1 aliphatic rings. The van der Waals surface area contributed by atoms with Gasteiger partial charge in [0, 0.05) is 51.4 Å². The average molecular weight is 472 g/mol. The van der Waals surface area contributed by atoms with E-state index < -0.39 is 6.43 Å². The number of nitrogens with one attached hydrogen (secondary N) is 1. The summed E-state index contributed by atoms with van der Waals surface area (Å²) in [5, 5.41) is 7.96. The van der Waals surface area contributed by atoms with E-state index in [9.17, 15) is 13.6 Å². The van der Waals surface area contributed by atoms with Crippen LogP contribution in [0.4, 0.5) is 20.4 Å². The number of anilines is 1. The molecule has 4 rings (SSSR count). The van der Waals surface area contributed by atoms with E-state index in [-0.39, 0.29) is 26.2 Å². The highest BCUT2D eigenvalue weighted by Gasteiger charge is 2.21. The standard InChI is InChI=1S/C24H29F2N7O.H2/c1-15(4-7-23(25)26)28-20-5-6-21(29-16(20)2)19-10-13-33-22(19)14-27-24(31-33)30-18-8-11-32(12-9-18)17(3)34;/h5-6,10,13-14,18,23H,4,7-9,11-12H2,1-3H3,(H,30,31);1H. The maximum Gasteiger partial charge on any atom is 0.241 e. The molecule has 3 aromatic heterocycles. The molecule has 34 heavy (non-hydrogen) atoms. The van der Waals surface area contributed by atoms with Gasteiger partial charge in [-0.1, -0.05) is 0 Å². The maximum absolute atomic E-state index is 12.4. The van der Waals surface area contributed by atoms with Gasteiger partial charge < -0.3 is 10.2 Å². The molecule has 8 nitrogen and oxygen atoms in total. The normalized spacial score (nSPS) is 15.4. The van der Waals surface area contributed by atoms with Gasteiger partial charge in [0.05, 0.1) is 28.8 Å². The number of halogens is 2. The number of hydrogen-bond donors (Lipinski definition) is 1. The SMILES string of the molecule is CC(=O)N1CCC(Nc2ncc3c(-c4ccc(N=C(C)CCC(F)F)c(C)n4)ccn3n2)CC1.[HH]. The largest absolute Gasteiger partial charge is 0.350 e. The average Bonchev–Trinajstić information content (AvgIpc) is 3.22. The zero-order valence-corrected chi connectivity index (χ0v) is 19.6. The molecule has 1 fully saturated rings. The molecule has 1 saturated heterocycles. The van der Waals surface area contributed by atoms with Crippen molar-refractivity contribution >= 4 is 28.8 Å². The van der Waals surface area contributed by atoms with E-state index in [0.717, 1.165) is 48.4 Å². The molecule has 0 saturated carbocycles. The second-order valence-electron chi connectivity index (χ2n) is 8.64. The quantitative estimate of drug-likeness (QED) is 0.495. The van der Waals surface area contributed by atoms with Crippen molar-refractivity contribution in [2.24, 2.45) is 4.99 Å². The summed E-state index contributed by atoms with van der Waals surface area (Å²) in [6.45, 7) is 6.69. The minimum Gasteiger partial charge on any atom is -0.350 e. The third-order valence-corrected chi connectivity index (χ3v) is 6.06. The van der Waals surface area contributed by atoms with Crippen molar-refractivity contribution in [2.75, 3.05) is 18.4 Å². The molecule has 0 spiro atoms. The zero-order chi connectivity index (χ0) is 24.2. The molecule has 0 bridgehead atoms. The molecule has 0 aromatic carbocycles. The number of nitrogens with zero attached hydrogens (tertiary/aromatic N) is 6. The number of alkyl halides is 2. The van der Waals surface area contributed by atoms with Crippen LogP contribution >= 0.6 is 0 Å². The lowest BCUT2D eigenvalue weighted by atomic mass is 10.1. The first-order valence-corrected chi connectivity index (χ1v) is 11.5. The van der Waals surface area contributed by atoms with Crippen molar-refractivity contribution in [3.8, 4) is 11.3 Å². The van der Waals surface area contributed by atoms with E-state index in [0.29, 0.717) is 17.3 Å². The fourth-order valence-electron chi connectivity index (χ4n) is 4.11. The predicted molar refractivity (Wildman–Crippen MR) is 130 cm³/mol. The number of amides is 1. The summed E-state index contributed by atoms with van der Waals surface area (Å²) >= 11 is 0. The Kier molecular flexibility index (Phi) is 7.14. The molecule has 10 heteroatoms. The lowest BCUT2D eigenvalue weighted by molar-refractivity contribution is -0.129. The second-order valence-corrected chi connectivity index (χ2v) is 8.64. The Morgan fingerprint density at radius 2 is 2.03 bits per heavy atom. The Morgan fingerprint density at radius 3 is 2.71 bits per heavy atom. The molecule has 0 aliphatic carbocycles. The minimum absolute atomic E-state index is 0. The number of hydrogen-bond acceptors (Lipinski definition) is 6. The second kappa shape index (κ2) is 10.2. The number of carbonyl (C=O) groups excluding carboxylic acids is 1. The number of carbonyl (C=O) groups is 1. The first kappa shape index (κ1) is 23.7. The van der Waals surface area contributed by atoms with E-state index in [4.69, 9.17) is 0 Å². The number of aliphatic imine (C=N–C) groups is 1. The number of fused-ring (bicyclic) bond motifs is 1. The molecule has 1 aliphatic heterocycles. The number of aromatic nitrogens is 4. The van der Waals surface area contributed by atoms with Crippen molar-refractivity contribution in [1.29, 1.82) is 0 Å². The van der Waals surface area contributed by atoms with Crippen molar-refractivity contribution in [2.45, 2.75) is 58.9 Å². The van der Waals surface area contributed by atoms with Crippen LogP contribution in [0.1, 0.15) is 46.7 Å². The zero-order valence-electron chi connectivity index (χ0n) is 19.6. The van der Waals surface area contributed by atoms with E-state index >= 15 is 0 Å². The van der Waals surface area contributed by atoms with Crippen LogP contribution in [0.3, 0.4) is 0 Å². The maximum atomic E-state index is 12.4. The number of pyridine rings is 1. The number of rotatable bonds is 7. The van der Waals surface area contributed by atoms with Gasteiger partial charge in [0.2, 0.25) is 18.3 Å². The van der Waals surface area contributed by atoms with Crippen molar-refractivity contribution in [1.82, 2.24) is 24.5 Å². The monoisotopic (exact) mass is 471 g/mol. The van der Waals surface area contributed by atoms with Crippen LogP contribution in [0.25, 0.3) is 16.8 Å². The topological polar surface area (TPSA) is 87.8 Å². The Balaban J connectivity index is 0.00000342. The fourth-order valence-corrected chi connectivity index (χ4v) is 4.11. The highest BCUT2D eigenvalue weighted by Crippen LogP contribution is 2.27. The summed E-state index contributed by atoms with van der Waals surface area (Å²) in [5.74, 6) is 0.658. The third-order valence-electron chi connectivity index (χ3n) is 6.06. The molecular formula is C24H31F2N7O. The molecule has 3 aromatic rings. The van der Waals surface area contributed by atoms with E-state index in [1.807, 2.05) is 36.2 Å². The Morgan fingerprint density at radius 1 is 1.26 bits per heavy atom. The summed E-state index contributed by atoms with van der Waals surface area (Å²) in [4.78, 5) is 27.0. The molecule has 1 amide bonds. The van der Waals surface area contributed by atoms with Crippen LogP contribution in [0, 0.1) is 6.92 Å². The van der Waals surface area contributed by atoms with Crippen molar-refractivity contribution < 1.29 is 15.0 Å². The number of aryl methyl sites for hydroxylation is 1. The molecular weight excluding hydrogens is 440 g/mol. The highest BCUT2D eigenvalue weighted by atomic mass is 19.3. The van der Waals surface area contributed by atoms with Gasteiger partial charge in [0.1, 0.15) is 0 Å². The van der Waals surface area contributed by atoms with Crippen LogP contribution in [-0.2, 0) is 4.79 Å². The number of piperidine rings is 1. The van der Waals surface area contributed by atoms with Crippen molar-refractivity contribution in [3.63, 3.8) is 0 Å². The van der Waals surface area contributed by atoms with Crippen LogP contribution in [-0.4, -0.2) is 61.7 Å². The van der Waals surface area contributed by atoms with E-state index in [1.54, 1.807) is 24.6 Å². The summed E-state index contributed by atoms with van der Waals surface area (Å²) in [5.41, 5.74) is 4.56. The van der Waals surface area contributed by atoms with Crippen molar-refractivity contribution in [3.05, 3.63) is 36.3 Å². The lowest BCUT2D eigenvalue weighted by Crippen LogP contribution is -2.41. The van der Waals surface area contributed by atoms with Gasteiger partial charge in [-0.05, 0) is 51.3 Å². The van der Waals surface area contributed by atoms with Gasteiger partial charge in [-0.15, -0.1) is 5.10 Å². The summed E-state index contributed by atoms with van der Waals surface area (Å²) in [6.07, 6.45) is 3.10. The first-order valence-electron chi connectivity index (χ1n) is 11.5.